The van der Waals surface area contributed by atoms with Crippen LogP contribution in [0.4, 0.5) is 0 Å². The van der Waals surface area contributed by atoms with Crippen molar-refractivity contribution in [3.8, 4) is 0 Å². The molecule has 118 valence electrons. The summed E-state index contributed by atoms with van der Waals surface area (Å²) in [7, 11) is -2.93. The molecule has 1 heterocycles. The minimum Gasteiger partial charge on any atom is -0.273 e. The van der Waals surface area contributed by atoms with Gasteiger partial charge < -0.3 is 0 Å². The SMILES string of the molecule is O=C(C[C@H]1CCS(=O)(=O)C1)N/N=C1/CCc2ccccc2C1. The Morgan fingerprint density at radius 1 is 1.23 bits per heavy atom. The molecule has 0 spiro atoms. The summed E-state index contributed by atoms with van der Waals surface area (Å²) in [5.74, 6) is 0.0893. The molecular formula is C16H20N2O3S. The van der Waals surface area contributed by atoms with Gasteiger partial charge in [-0.25, -0.2) is 13.8 Å². The molecule has 5 nitrogen and oxygen atoms in total. The molecule has 1 saturated heterocycles. The molecule has 1 aromatic carbocycles. The van der Waals surface area contributed by atoms with Crippen molar-refractivity contribution in [2.45, 2.75) is 32.1 Å². The predicted octanol–water partition coefficient (Wildman–Crippen LogP) is 1.47. The number of amides is 1. The van der Waals surface area contributed by atoms with E-state index < -0.39 is 9.84 Å². The molecule has 1 N–H and O–H groups in total. The molecule has 1 aromatic rings. The normalized spacial score (nSPS) is 24.9. The molecule has 0 bridgehead atoms. The van der Waals surface area contributed by atoms with Crippen molar-refractivity contribution in [2.75, 3.05) is 11.5 Å². The Morgan fingerprint density at radius 3 is 2.73 bits per heavy atom. The molecule has 0 saturated carbocycles. The molecule has 1 aliphatic heterocycles. The summed E-state index contributed by atoms with van der Waals surface area (Å²) in [6, 6.07) is 8.28. The molecule has 2 aliphatic rings. The fourth-order valence-electron chi connectivity index (χ4n) is 3.14. The van der Waals surface area contributed by atoms with E-state index in [9.17, 15) is 13.2 Å². The molecule has 1 amide bonds. The fraction of sp³-hybridized carbons (Fsp3) is 0.500. The molecule has 0 radical (unpaired) electrons. The van der Waals surface area contributed by atoms with E-state index in [0.29, 0.717) is 6.42 Å². The van der Waals surface area contributed by atoms with Crippen molar-refractivity contribution in [3.63, 3.8) is 0 Å². The van der Waals surface area contributed by atoms with Gasteiger partial charge in [0.1, 0.15) is 0 Å². The summed E-state index contributed by atoms with van der Waals surface area (Å²) in [5.41, 5.74) is 6.19. The molecule has 1 atom stereocenters. The maximum Gasteiger partial charge on any atom is 0.240 e. The number of hydrogen-bond acceptors (Lipinski definition) is 4. The number of rotatable bonds is 3. The number of fused-ring (bicyclic) bond motifs is 1. The Balaban J connectivity index is 1.53. The number of nitrogens with zero attached hydrogens (tertiary/aromatic N) is 1. The second-order valence-electron chi connectivity index (χ2n) is 6.13. The van der Waals surface area contributed by atoms with Crippen molar-refractivity contribution in [2.24, 2.45) is 11.0 Å². The smallest absolute Gasteiger partial charge is 0.240 e. The van der Waals surface area contributed by atoms with Gasteiger partial charge in [-0.2, -0.15) is 5.10 Å². The van der Waals surface area contributed by atoms with Gasteiger partial charge in [-0.3, -0.25) is 4.79 Å². The number of carbonyl (C=O) groups excluding carboxylic acids is 1. The number of aryl methyl sites for hydroxylation is 1. The monoisotopic (exact) mass is 320 g/mol. The first-order valence-electron chi connectivity index (χ1n) is 7.63. The Kier molecular flexibility index (Phi) is 4.29. The van der Waals surface area contributed by atoms with Crippen molar-refractivity contribution in [3.05, 3.63) is 35.4 Å². The summed E-state index contributed by atoms with van der Waals surface area (Å²) in [6.07, 6.45) is 3.40. The third-order valence-electron chi connectivity index (χ3n) is 4.34. The average molecular weight is 320 g/mol. The lowest BCUT2D eigenvalue weighted by Crippen LogP contribution is -2.24. The van der Waals surface area contributed by atoms with Gasteiger partial charge in [0.05, 0.1) is 11.5 Å². The molecule has 0 aromatic heterocycles. The van der Waals surface area contributed by atoms with Gasteiger partial charge in [0, 0.05) is 18.6 Å². The molecule has 1 aliphatic carbocycles. The van der Waals surface area contributed by atoms with Crippen LogP contribution in [0.25, 0.3) is 0 Å². The van der Waals surface area contributed by atoms with Crippen molar-refractivity contribution in [1.29, 1.82) is 0 Å². The van der Waals surface area contributed by atoms with Gasteiger partial charge in [0.15, 0.2) is 9.84 Å². The predicted molar refractivity (Wildman–Crippen MR) is 85.4 cm³/mol. The van der Waals surface area contributed by atoms with Crippen LogP contribution in [0, 0.1) is 5.92 Å². The number of carbonyl (C=O) groups is 1. The summed E-state index contributed by atoms with van der Waals surface area (Å²) in [4.78, 5) is 11.9. The van der Waals surface area contributed by atoms with Gasteiger partial charge >= 0.3 is 0 Å². The third kappa shape index (κ3) is 3.74. The highest BCUT2D eigenvalue weighted by atomic mass is 32.2. The molecule has 22 heavy (non-hydrogen) atoms. The molecule has 0 unspecified atom stereocenters. The summed E-state index contributed by atoms with van der Waals surface area (Å²) < 4.78 is 22.8. The highest BCUT2D eigenvalue weighted by Gasteiger charge is 2.29. The topological polar surface area (TPSA) is 75.6 Å². The van der Waals surface area contributed by atoms with Gasteiger partial charge in [-0.15, -0.1) is 0 Å². The number of benzene rings is 1. The zero-order valence-corrected chi connectivity index (χ0v) is 13.2. The van der Waals surface area contributed by atoms with E-state index in [1.165, 1.54) is 11.1 Å². The number of hydrogen-bond donors (Lipinski definition) is 1. The summed E-state index contributed by atoms with van der Waals surface area (Å²) in [6.45, 7) is 0. The van der Waals surface area contributed by atoms with Crippen LogP contribution in [-0.4, -0.2) is 31.5 Å². The van der Waals surface area contributed by atoms with Gasteiger partial charge in [-0.1, -0.05) is 24.3 Å². The van der Waals surface area contributed by atoms with Crippen LogP contribution in [0.1, 0.15) is 30.4 Å². The minimum atomic E-state index is -2.93. The van der Waals surface area contributed by atoms with E-state index in [2.05, 4.69) is 22.7 Å². The zero-order valence-electron chi connectivity index (χ0n) is 12.4. The Bertz CT molecular complexity index is 710. The highest BCUT2D eigenvalue weighted by molar-refractivity contribution is 7.91. The third-order valence-corrected chi connectivity index (χ3v) is 6.17. The van der Waals surface area contributed by atoms with Crippen LogP contribution in [-0.2, 0) is 27.5 Å². The van der Waals surface area contributed by atoms with Gasteiger partial charge in [0.25, 0.3) is 0 Å². The molecule has 1 fully saturated rings. The van der Waals surface area contributed by atoms with Crippen molar-refractivity contribution in [1.82, 2.24) is 5.43 Å². The summed E-state index contributed by atoms with van der Waals surface area (Å²) in [5, 5.41) is 4.23. The van der Waals surface area contributed by atoms with Crippen molar-refractivity contribution < 1.29 is 13.2 Å². The van der Waals surface area contributed by atoms with E-state index >= 15 is 0 Å². The average Bonchev–Trinajstić information content (AvgIpc) is 2.84. The van der Waals surface area contributed by atoms with Crippen LogP contribution in [0.5, 0.6) is 0 Å². The molecule has 3 rings (SSSR count). The molecular weight excluding hydrogens is 300 g/mol. The van der Waals surface area contributed by atoms with E-state index in [1.54, 1.807) is 0 Å². The maximum atomic E-state index is 11.9. The van der Waals surface area contributed by atoms with Crippen molar-refractivity contribution >= 4 is 21.5 Å². The lowest BCUT2D eigenvalue weighted by atomic mass is 9.90. The van der Waals surface area contributed by atoms with Crippen LogP contribution in [0.15, 0.2) is 29.4 Å². The Hall–Kier alpha value is -1.69. The quantitative estimate of drug-likeness (QED) is 0.857. The van der Waals surface area contributed by atoms with E-state index in [-0.39, 0.29) is 29.8 Å². The first-order valence-corrected chi connectivity index (χ1v) is 9.45. The van der Waals surface area contributed by atoms with Crippen LogP contribution in [0.2, 0.25) is 0 Å². The zero-order chi connectivity index (χ0) is 15.6. The summed E-state index contributed by atoms with van der Waals surface area (Å²) >= 11 is 0. The fourth-order valence-corrected chi connectivity index (χ4v) is 5.00. The largest absolute Gasteiger partial charge is 0.273 e. The second kappa shape index (κ2) is 6.20. The van der Waals surface area contributed by atoms with Gasteiger partial charge in [-0.05, 0) is 36.3 Å². The Morgan fingerprint density at radius 2 is 2.00 bits per heavy atom. The number of hydrazone groups is 1. The number of sulfone groups is 1. The first-order chi connectivity index (χ1) is 10.5. The van der Waals surface area contributed by atoms with E-state index in [1.807, 2.05) is 12.1 Å². The number of nitrogens with one attached hydrogen (secondary N) is 1. The standard InChI is InChI=1S/C16H20N2O3S/c19-16(9-12-7-8-22(20,21)11-12)18-17-15-6-5-13-3-1-2-4-14(13)10-15/h1-4,12H,5-11H2,(H,18,19)/b17-15-/t12-/m1/s1. The lowest BCUT2D eigenvalue weighted by molar-refractivity contribution is -0.121. The Labute approximate surface area is 130 Å². The maximum absolute atomic E-state index is 11.9. The van der Waals surface area contributed by atoms with Gasteiger partial charge in [0.2, 0.25) is 5.91 Å². The lowest BCUT2D eigenvalue weighted by Gasteiger charge is -2.17. The first kappa shape index (κ1) is 15.2. The van der Waals surface area contributed by atoms with Crippen LogP contribution in [0.3, 0.4) is 0 Å². The van der Waals surface area contributed by atoms with Crippen LogP contribution >= 0.6 is 0 Å². The van der Waals surface area contributed by atoms with Crippen LogP contribution < -0.4 is 5.43 Å². The minimum absolute atomic E-state index is 0.0581. The van der Waals surface area contributed by atoms with E-state index in [0.717, 1.165) is 25.0 Å². The second-order valence-corrected chi connectivity index (χ2v) is 8.36. The molecule has 6 heteroatoms. The van der Waals surface area contributed by atoms with E-state index in [4.69, 9.17) is 0 Å². The highest BCUT2D eigenvalue weighted by Crippen LogP contribution is 2.21.